The van der Waals surface area contributed by atoms with Crippen molar-refractivity contribution in [3.8, 4) is 0 Å². The third-order valence-electron chi connectivity index (χ3n) is 2.62. The third kappa shape index (κ3) is 3.48. The number of carbonyl (C=O) groups is 2. The van der Waals surface area contributed by atoms with Crippen LogP contribution in [0, 0.1) is 12.3 Å². The minimum Gasteiger partial charge on any atom is -0.326 e. The molecule has 0 saturated carbocycles. The van der Waals surface area contributed by atoms with Crippen LogP contribution in [0.15, 0.2) is 18.2 Å². The summed E-state index contributed by atoms with van der Waals surface area (Å²) in [4.78, 5) is 23.2. The van der Waals surface area contributed by atoms with E-state index in [4.69, 9.17) is 17.0 Å². The second-order valence-corrected chi connectivity index (χ2v) is 5.76. The van der Waals surface area contributed by atoms with Gasteiger partial charge in [0.1, 0.15) is 5.25 Å². The molecule has 2 amide bonds. The molecule has 0 bridgehead atoms. The van der Waals surface area contributed by atoms with Crippen molar-refractivity contribution in [2.24, 2.45) is 0 Å². The molecule has 5 nitrogen and oxygen atoms in total. The molecule has 1 aromatic rings. The van der Waals surface area contributed by atoms with E-state index in [1.54, 1.807) is 12.1 Å². The molecule has 1 atom stereocenters. The molecule has 0 spiro atoms. The van der Waals surface area contributed by atoms with Crippen LogP contribution in [-0.4, -0.2) is 22.2 Å². The summed E-state index contributed by atoms with van der Waals surface area (Å²) in [6, 6.07) is 5.23. The Hall–Kier alpha value is -1.53. The van der Waals surface area contributed by atoms with Crippen molar-refractivity contribution in [2.75, 3.05) is 5.32 Å². The smallest absolute Gasteiger partial charge is 0.240 e. The van der Waals surface area contributed by atoms with E-state index in [0.717, 1.165) is 17.3 Å². The summed E-state index contributed by atoms with van der Waals surface area (Å²) >= 11 is 7.02. The molecule has 1 heterocycles. The number of carbonyl (C=O) groups excluding carboxylic acids is 2. The first-order valence-corrected chi connectivity index (χ1v) is 6.83. The van der Waals surface area contributed by atoms with Gasteiger partial charge in [-0.1, -0.05) is 29.4 Å². The molecule has 3 N–H and O–H groups in total. The van der Waals surface area contributed by atoms with Crippen molar-refractivity contribution in [1.29, 1.82) is 5.41 Å². The maximum Gasteiger partial charge on any atom is 0.240 e. The van der Waals surface area contributed by atoms with Crippen molar-refractivity contribution in [3.05, 3.63) is 28.8 Å². The Labute approximate surface area is 119 Å². The van der Waals surface area contributed by atoms with Crippen LogP contribution in [0.25, 0.3) is 0 Å². The van der Waals surface area contributed by atoms with Gasteiger partial charge in [0.2, 0.25) is 11.8 Å². The lowest BCUT2D eigenvalue weighted by atomic mass is 10.2. The molecule has 1 saturated heterocycles. The highest BCUT2D eigenvalue weighted by Crippen LogP contribution is 2.23. The number of anilines is 1. The van der Waals surface area contributed by atoms with Crippen LogP contribution in [0.4, 0.5) is 5.69 Å². The number of amidine groups is 1. The van der Waals surface area contributed by atoms with Gasteiger partial charge in [-0.05, 0) is 24.6 Å². The van der Waals surface area contributed by atoms with Gasteiger partial charge in [0.15, 0.2) is 5.17 Å². The summed E-state index contributed by atoms with van der Waals surface area (Å²) in [7, 11) is 0. The van der Waals surface area contributed by atoms with E-state index >= 15 is 0 Å². The number of nitrogens with one attached hydrogen (secondary N) is 3. The molecule has 1 unspecified atom stereocenters. The molecule has 1 aliphatic rings. The quantitative estimate of drug-likeness (QED) is 0.799. The monoisotopic (exact) mass is 297 g/mol. The van der Waals surface area contributed by atoms with Crippen LogP contribution in [-0.2, 0) is 9.59 Å². The zero-order valence-electron chi connectivity index (χ0n) is 10.1. The van der Waals surface area contributed by atoms with Crippen LogP contribution in [0.2, 0.25) is 5.02 Å². The largest absolute Gasteiger partial charge is 0.326 e. The van der Waals surface area contributed by atoms with Crippen molar-refractivity contribution in [1.82, 2.24) is 5.32 Å². The first kappa shape index (κ1) is 13.9. The highest BCUT2D eigenvalue weighted by atomic mass is 35.5. The second-order valence-electron chi connectivity index (χ2n) is 4.14. The Morgan fingerprint density at radius 1 is 1.58 bits per heavy atom. The number of hydrogen-bond donors (Lipinski definition) is 3. The Morgan fingerprint density at radius 2 is 2.32 bits per heavy atom. The Kier molecular flexibility index (Phi) is 4.11. The molecule has 7 heteroatoms. The fourth-order valence-electron chi connectivity index (χ4n) is 1.60. The molecule has 19 heavy (non-hydrogen) atoms. The summed E-state index contributed by atoms with van der Waals surface area (Å²) in [6.45, 7) is 1.87. The van der Waals surface area contributed by atoms with Gasteiger partial charge in [0, 0.05) is 17.1 Å². The molecule has 100 valence electrons. The number of amides is 2. The van der Waals surface area contributed by atoms with Gasteiger partial charge in [-0.15, -0.1) is 0 Å². The normalized spacial score (nSPS) is 18.3. The van der Waals surface area contributed by atoms with Crippen LogP contribution in [0.5, 0.6) is 0 Å². The van der Waals surface area contributed by atoms with E-state index in [9.17, 15) is 9.59 Å². The topological polar surface area (TPSA) is 82.1 Å². The molecule has 0 aliphatic carbocycles. The van der Waals surface area contributed by atoms with Crippen LogP contribution in [0.1, 0.15) is 12.0 Å². The van der Waals surface area contributed by atoms with Crippen LogP contribution < -0.4 is 10.6 Å². The van der Waals surface area contributed by atoms with E-state index in [1.807, 2.05) is 13.0 Å². The van der Waals surface area contributed by atoms with Gasteiger partial charge in [0.05, 0.1) is 0 Å². The average molecular weight is 298 g/mol. The van der Waals surface area contributed by atoms with E-state index in [2.05, 4.69) is 10.6 Å². The fourth-order valence-corrected chi connectivity index (χ4v) is 2.63. The van der Waals surface area contributed by atoms with Gasteiger partial charge in [-0.3, -0.25) is 15.0 Å². The van der Waals surface area contributed by atoms with Crippen LogP contribution >= 0.6 is 23.4 Å². The molecule has 2 rings (SSSR count). The number of aryl methyl sites for hydroxylation is 1. The van der Waals surface area contributed by atoms with E-state index in [0.29, 0.717) is 10.7 Å². The fraction of sp³-hybridized carbons (Fsp3) is 0.250. The lowest BCUT2D eigenvalue weighted by Gasteiger charge is -2.08. The highest BCUT2D eigenvalue weighted by Gasteiger charge is 2.31. The Balaban J connectivity index is 1.96. The zero-order valence-corrected chi connectivity index (χ0v) is 11.7. The SMILES string of the molecule is Cc1ccc(NC(=O)CC2SC(=N)NC2=O)cc1Cl. The lowest BCUT2D eigenvalue weighted by molar-refractivity contribution is -0.122. The molecule has 1 fully saturated rings. The van der Waals surface area contributed by atoms with Gasteiger partial charge in [-0.2, -0.15) is 0 Å². The predicted octanol–water partition coefficient (Wildman–Crippen LogP) is 2.14. The molecule has 0 aromatic heterocycles. The lowest BCUT2D eigenvalue weighted by Crippen LogP contribution is -2.27. The zero-order chi connectivity index (χ0) is 14.0. The summed E-state index contributed by atoms with van der Waals surface area (Å²) in [5.41, 5.74) is 1.53. The maximum absolute atomic E-state index is 11.8. The molecular weight excluding hydrogens is 286 g/mol. The second kappa shape index (κ2) is 5.63. The summed E-state index contributed by atoms with van der Waals surface area (Å²) in [5.74, 6) is -0.575. The van der Waals surface area contributed by atoms with Gasteiger partial charge in [0.25, 0.3) is 0 Å². The summed E-state index contributed by atoms with van der Waals surface area (Å²) in [5, 5.41) is 12.5. The van der Waals surface area contributed by atoms with Crippen molar-refractivity contribution in [2.45, 2.75) is 18.6 Å². The average Bonchev–Trinajstić information content (AvgIpc) is 2.62. The number of halogens is 1. The number of thioether (sulfide) groups is 1. The summed E-state index contributed by atoms with van der Waals surface area (Å²) in [6.07, 6.45) is 0.0321. The number of rotatable bonds is 3. The predicted molar refractivity (Wildman–Crippen MR) is 76.7 cm³/mol. The molecule has 1 aliphatic heterocycles. The Morgan fingerprint density at radius 3 is 2.89 bits per heavy atom. The van der Waals surface area contributed by atoms with Crippen molar-refractivity contribution < 1.29 is 9.59 Å². The molecule has 0 radical (unpaired) electrons. The maximum atomic E-state index is 11.8. The van der Waals surface area contributed by atoms with E-state index in [-0.39, 0.29) is 23.4 Å². The van der Waals surface area contributed by atoms with Gasteiger partial charge < -0.3 is 10.6 Å². The minimum atomic E-state index is -0.534. The van der Waals surface area contributed by atoms with E-state index < -0.39 is 5.25 Å². The van der Waals surface area contributed by atoms with Gasteiger partial charge in [-0.25, -0.2) is 0 Å². The van der Waals surface area contributed by atoms with Gasteiger partial charge >= 0.3 is 0 Å². The van der Waals surface area contributed by atoms with Crippen LogP contribution in [0.3, 0.4) is 0 Å². The van der Waals surface area contributed by atoms with Crippen molar-refractivity contribution in [3.63, 3.8) is 0 Å². The van der Waals surface area contributed by atoms with E-state index in [1.165, 1.54) is 0 Å². The number of hydrogen-bond acceptors (Lipinski definition) is 4. The summed E-state index contributed by atoms with van der Waals surface area (Å²) < 4.78 is 0. The first-order chi connectivity index (χ1) is 8.95. The molecule has 1 aromatic carbocycles. The number of benzene rings is 1. The highest BCUT2D eigenvalue weighted by molar-refractivity contribution is 8.15. The molecular formula is C12H12ClN3O2S. The standard InChI is InChI=1S/C12H12ClN3O2S/c1-6-2-3-7(4-8(6)13)15-10(17)5-9-11(18)16-12(14)19-9/h2-4,9H,5H2,1H3,(H,15,17)(H2,14,16,18). The first-order valence-electron chi connectivity index (χ1n) is 5.58. The minimum absolute atomic E-state index is 0.0321. The van der Waals surface area contributed by atoms with Crippen molar-refractivity contribution >= 4 is 46.0 Å². The third-order valence-corrected chi connectivity index (χ3v) is 4.03. The Bertz CT molecular complexity index is 562.